The molecule has 0 saturated carbocycles. The molecule has 4 rings (SSSR count). The summed E-state index contributed by atoms with van der Waals surface area (Å²) < 4.78 is 16.3. The SMILES string of the molecule is COc1ccc(CN2C[C@H](C(=O)N3CCOCC3)C3(CCOCC3)C2)cc1. The lowest BCUT2D eigenvalue weighted by atomic mass is 9.71. The number of likely N-dealkylation sites (tertiary alicyclic amines) is 1. The van der Waals surface area contributed by atoms with Crippen LogP contribution in [0.15, 0.2) is 24.3 Å². The molecule has 3 aliphatic rings. The zero-order valence-electron chi connectivity index (χ0n) is 16.2. The van der Waals surface area contributed by atoms with Crippen molar-refractivity contribution in [2.45, 2.75) is 19.4 Å². The number of morpholine rings is 1. The lowest BCUT2D eigenvalue weighted by molar-refractivity contribution is -0.144. The molecule has 0 radical (unpaired) electrons. The van der Waals surface area contributed by atoms with E-state index < -0.39 is 0 Å². The molecular formula is C21H30N2O4. The number of hydrogen-bond acceptors (Lipinski definition) is 5. The Morgan fingerprint density at radius 3 is 2.44 bits per heavy atom. The molecule has 0 aliphatic carbocycles. The normalized spacial score (nSPS) is 25.7. The Hall–Kier alpha value is -1.63. The number of rotatable bonds is 4. The van der Waals surface area contributed by atoms with Gasteiger partial charge in [-0.05, 0) is 30.5 Å². The van der Waals surface area contributed by atoms with Crippen LogP contribution in [0.3, 0.4) is 0 Å². The summed E-state index contributed by atoms with van der Waals surface area (Å²) >= 11 is 0. The van der Waals surface area contributed by atoms with E-state index in [1.54, 1.807) is 7.11 Å². The van der Waals surface area contributed by atoms with Gasteiger partial charge in [-0.3, -0.25) is 9.69 Å². The molecule has 1 aromatic carbocycles. The molecule has 1 amide bonds. The van der Waals surface area contributed by atoms with E-state index in [0.29, 0.717) is 19.1 Å². The van der Waals surface area contributed by atoms with E-state index in [0.717, 1.165) is 64.5 Å². The van der Waals surface area contributed by atoms with Gasteiger partial charge in [0.15, 0.2) is 0 Å². The zero-order chi connectivity index (χ0) is 18.7. The van der Waals surface area contributed by atoms with Crippen molar-refractivity contribution in [3.63, 3.8) is 0 Å². The number of benzene rings is 1. The molecule has 3 fully saturated rings. The molecule has 1 spiro atoms. The molecule has 3 heterocycles. The van der Waals surface area contributed by atoms with Gasteiger partial charge >= 0.3 is 0 Å². The van der Waals surface area contributed by atoms with Crippen molar-refractivity contribution in [3.8, 4) is 5.75 Å². The van der Waals surface area contributed by atoms with Crippen molar-refractivity contribution < 1.29 is 19.0 Å². The molecule has 6 heteroatoms. The Morgan fingerprint density at radius 1 is 1.11 bits per heavy atom. The van der Waals surface area contributed by atoms with Gasteiger partial charge in [0.2, 0.25) is 5.91 Å². The summed E-state index contributed by atoms with van der Waals surface area (Å²) in [7, 11) is 1.69. The maximum Gasteiger partial charge on any atom is 0.227 e. The average molecular weight is 374 g/mol. The van der Waals surface area contributed by atoms with Gasteiger partial charge < -0.3 is 19.1 Å². The van der Waals surface area contributed by atoms with E-state index in [1.807, 2.05) is 17.0 Å². The van der Waals surface area contributed by atoms with Gasteiger partial charge in [0.05, 0.1) is 26.2 Å². The number of ether oxygens (including phenoxy) is 3. The van der Waals surface area contributed by atoms with Gasteiger partial charge in [-0.2, -0.15) is 0 Å². The Bertz CT molecular complexity index is 636. The zero-order valence-corrected chi connectivity index (χ0v) is 16.2. The molecule has 1 aromatic rings. The number of nitrogens with zero attached hydrogens (tertiary/aromatic N) is 2. The number of carbonyl (C=O) groups excluding carboxylic acids is 1. The van der Waals surface area contributed by atoms with Gasteiger partial charge in [-0.25, -0.2) is 0 Å². The van der Waals surface area contributed by atoms with Crippen molar-refractivity contribution in [3.05, 3.63) is 29.8 Å². The van der Waals surface area contributed by atoms with Crippen LogP contribution >= 0.6 is 0 Å². The first-order valence-electron chi connectivity index (χ1n) is 10.00. The molecule has 1 atom stereocenters. The second-order valence-electron chi connectivity index (χ2n) is 7.98. The minimum Gasteiger partial charge on any atom is -0.497 e. The van der Waals surface area contributed by atoms with Gasteiger partial charge in [0.1, 0.15) is 5.75 Å². The Morgan fingerprint density at radius 2 is 1.78 bits per heavy atom. The molecule has 6 nitrogen and oxygen atoms in total. The first-order valence-corrected chi connectivity index (χ1v) is 10.00. The van der Waals surface area contributed by atoms with Gasteiger partial charge in [0.25, 0.3) is 0 Å². The molecule has 3 saturated heterocycles. The minimum absolute atomic E-state index is 0.0557. The molecular weight excluding hydrogens is 344 g/mol. The quantitative estimate of drug-likeness (QED) is 0.804. The number of amides is 1. The maximum atomic E-state index is 13.3. The lowest BCUT2D eigenvalue weighted by Crippen LogP contribution is -2.49. The standard InChI is InChI=1S/C21H30N2O4/c1-25-18-4-2-17(3-5-18)14-22-15-19(20(24)23-8-12-27-13-9-23)21(16-22)6-10-26-11-7-21/h2-5,19H,6-16H2,1H3/t19-/m1/s1. The van der Waals surface area contributed by atoms with Crippen LogP contribution in [0.1, 0.15) is 18.4 Å². The van der Waals surface area contributed by atoms with Crippen molar-refractivity contribution in [2.75, 3.05) is 59.7 Å². The summed E-state index contributed by atoms with van der Waals surface area (Å²) in [5.74, 6) is 1.26. The predicted molar refractivity (Wildman–Crippen MR) is 102 cm³/mol. The van der Waals surface area contributed by atoms with Crippen LogP contribution in [0, 0.1) is 11.3 Å². The van der Waals surface area contributed by atoms with Gasteiger partial charge in [0, 0.05) is 51.4 Å². The van der Waals surface area contributed by atoms with Crippen molar-refractivity contribution in [2.24, 2.45) is 11.3 Å². The summed E-state index contributed by atoms with van der Waals surface area (Å²) in [6.45, 7) is 6.98. The van der Waals surface area contributed by atoms with Crippen molar-refractivity contribution in [1.29, 1.82) is 0 Å². The van der Waals surface area contributed by atoms with Crippen molar-refractivity contribution >= 4 is 5.91 Å². The lowest BCUT2D eigenvalue weighted by Gasteiger charge is -2.40. The van der Waals surface area contributed by atoms with E-state index in [4.69, 9.17) is 14.2 Å². The summed E-state index contributed by atoms with van der Waals surface area (Å²) in [5, 5.41) is 0. The van der Waals surface area contributed by atoms with Gasteiger partial charge in [-0.1, -0.05) is 12.1 Å². The Kier molecular flexibility index (Phi) is 5.66. The first kappa shape index (κ1) is 18.7. The number of methoxy groups -OCH3 is 1. The highest BCUT2D eigenvalue weighted by molar-refractivity contribution is 5.80. The fraction of sp³-hybridized carbons (Fsp3) is 0.667. The average Bonchev–Trinajstić information content (AvgIpc) is 3.06. The second kappa shape index (κ2) is 8.17. The summed E-state index contributed by atoms with van der Waals surface area (Å²) in [5.41, 5.74) is 1.32. The highest BCUT2D eigenvalue weighted by atomic mass is 16.5. The second-order valence-corrected chi connectivity index (χ2v) is 7.98. The summed E-state index contributed by atoms with van der Waals surface area (Å²) in [4.78, 5) is 17.8. The molecule has 0 aromatic heterocycles. The smallest absolute Gasteiger partial charge is 0.227 e. The van der Waals surface area contributed by atoms with Crippen LogP contribution in [-0.4, -0.2) is 75.4 Å². The molecule has 27 heavy (non-hydrogen) atoms. The molecule has 0 unspecified atom stereocenters. The fourth-order valence-electron chi connectivity index (χ4n) is 4.81. The topological polar surface area (TPSA) is 51.2 Å². The highest BCUT2D eigenvalue weighted by Crippen LogP contribution is 2.45. The summed E-state index contributed by atoms with van der Waals surface area (Å²) in [6, 6.07) is 8.25. The number of carbonyl (C=O) groups is 1. The largest absolute Gasteiger partial charge is 0.497 e. The van der Waals surface area contributed by atoms with E-state index in [2.05, 4.69) is 17.0 Å². The van der Waals surface area contributed by atoms with E-state index >= 15 is 0 Å². The molecule has 0 bridgehead atoms. The van der Waals surface area contributed by atoms with Crippen LogP contribution in [0.2, 0.25) is 0 Å². The van der Waals surface area contributed by atoms with Gasteiger partial charge in [-0.15, -0.1) is 0 Å². The van der Waals surface area contributed by atoms with E-state index in [-0.39, 0.29) is 11.3 Å². The molecule has 148 valence electrons. The highest BCUT2D eigenvalue weighted by Gasteiger charge is 2.51. The predicted octanol–water partition coefficient (Wildman–Crippen LogP) is 1.78. The third kappa shape index (κ3) is 3.98. The van der Waals surface area contributed by atoms with Crippen LogP contribution in [-0.2, 0) is 20.8 Å². The fourth-order valence-corrected chi connectivity index (χ4v) is 4.81. The monoisotopic (exact) mass is 374 g/mol. The Labute approximate surface area is 161 Å². The van der Waals surface area contributed by atoms with Crippen LogP contribution in [0.25, 0.3) is 0 Å². The number of hydrogen-bond donors (Lipinski definition) is 0. The van der Waals surface area contributed by atoms with Crippen LogP contribution < -0.4 is 4.74 Å². The third-order valence-electron chi connectivity index (χ3n) is 6.39. The molecule has 3 aliphatic heterocycles. The maximum absolute atomic E-state index is 13.3. The summed E-state index contributed by atoms with van der Waals surface area (Å²) in [6.07, 6.45) is 1.96. The molecule has 0 N–H and O–H groups in total. The van der Waals surface area contributed by atoms with E-state index in [1.165, 1.54) is 5.56 Å². The van der Waals surface area contributed by atoms with Crippen LogP contribution in [0.5, 0.6) is 5.75 Å². The third-order valence-corrected chi connectivity index (χ3v) is 6.39. The minimum atomic E-state index is 0.0557. The van der Waals surface area contributed by atoms with Crippen molar-refractivity contribution in [1.82, 2.24) is 9.80 Å². The van der Waals surface area contributed by atoms with Crippen LogP contribution in [0.4, 0.5) is 0 Å². The Balaban J connectivity index is 1.49. The van der Waals surface area contributed by atoms with E-state index in [9.17, 15) is 4.79 Å². The first-order chi connectivity index (χ1) is 13.2.